The molecule has 3 aromatic heterocycles. The van der Waals surface area contributed by atoms with Crippen LogP contribution in [-0.4, -0.2) is 26.0 Å². The average Bonchev–Trinajstić information content (AvgIpc) is 3.14. The summed E-state index contributed by atoms with van der Waals surface area (Å²) in [6.07, 6.45) is 5.43. The maximum atomic E-state index is 12.3. The average molecular weight is 378 g/mol. The monoisotopic (exact) mass is 378 g/mol. The highest BCUT2D eigenvalue weighted by molar-refractivity contribution is 7.98. The zero-order chi connectivity index (χ0) is 18.8. The highest BCUT2D eigenvalue weighted by Crippen LogP contribution is 2.24. The summed E-state index contributed by atoms with van der Waals surface area (Å²) in [5.74, 6) is 1.37. The molecule has 0 N–H and O–H groups in total. The Morgan fingerprint density at radius 2 is 1.93 bits per heavy atom. The second kappa shape index (κ2) is 7.28. The molecule has 0 unspecified atom stereocenters. The van der Waals surface area contributed by atoms with Crippen LogP contribution < -0.4 is 10.3 Å². The smallest absolute Gasteiger partial charge is 0.258 e. The summed E-state index contributed by atoms with van der Waals surface area (Å²) < 4.78 is 8.76. The van der Waals surface area contributed by atoms with Crippen LogP contribution in [0.15, 0.2) is 71.0 Å². The molecule has 1 aromatic carbocycles. The summed E-state index contributed by atoms with van der Waals surface area (Å²) in [6.45, 7) is 1.99. The van der Waals surface area contributed by atoms with E-state index in [9.17, 15) is 4.79 Å². The van der Waals surface area contributed by atoms with Crippen molar-refractivity contribution in [1.29, 1.82) is 0 Å². The Balaban J connectivity index is 1.58. The van der Waals surface area contributed by atoms with E-state index in [0.717, 1.165) is 27.9 Å². The molecular formula is C20H18N4O2S. The molecule has 4 rings (SSSR count). The molecule has 3 heterocycles. The molecule has 6 nitrogen and oxygen atoms in total. The van der Waals surface area contributed by atoms with Crippen LogP contribution >= 0.6 is 11.8 Å². The number of hydrogen-bond donors (Lipinski definition) is 0. The number of ether oxygens (including phenoxy) is 1. The zero-order valence-corrected chi connectivity index (χ0v) is 15.8. The number of rotatable bonds is 5. The lowest BCUT2D eigenvalue weighted by Crippen LogP contribution is -2.15. The van der Waals surface area contributed by atoms with Crippen LogP contribution in [0.3, 0.4) is 0 Å². The molecule has 0 fully saturated rings. The van der Waals surface area contributed by atoms with Gasteiger partial charge in [-0.3, -0.25) is 13.8 Å². The van der Waals surface area contributed by atoms with E-state index in [1.165, 1.54) is 0 Å². The van der Waals surface area contributed by atoms with Gasteiger partial charge >= 0.3 is 0 Å². The van der Waals surface area contributed by atoms with Crippen LogP contribution in [0.2, 0.25) is 0 Å². The minimum atomic E-state index is -0.0749. The van der Waals surface area contributed by atoms with E-state index < -0.39 is 0 Å². The predicted octanol–water partition coefficient (Wildman–Crippen LogP) is 3.49. The Morgan fingerprint density at radius 3 is 2.70 bits per heavy atom. The van der Waals surface area contributed by atoms with Gasteiger partial charge in [-0.15, -0.1) is 0 Å². The molecule has 27 heavy (non-hydrogen) atoms. The number of imidazole rings is 1. The van der Waals surface area contributed by atoms with Crippen molar-refractivity contribution >= 4 is 17.4 Å². The number of methoxy groups -OCH3 is 1. The molecular weight excluding hydrogens is 360 g/mol. The lowest BCUT2D eigenvalue weighted by Gasteiger charge is -2.09. The van der Waals surface area contributed by atoms with Crippen molar-refractivity contribution in [3.05, 3.63) is 82.7 Å². The number of aromatic nitrogens is 4. The normalized spacial score (nSPS) is 11.0. The lowest BCUT2D eigenvalue weighted by molar-refractivity contribution is 0.414. The molecule has 0 atom stereocenters. The quantitative estimate of drug-likeness (QED) is 0.498. The maximum Gasteiger partial charge on any atom is 0.258 e. The zero-order valence-electron chi connectivity index (χ0n) is 15.0. The molecule has 136 valence electrons. The summed E-state index contributed by atoms with van der Waals surface area (Å²) in [5, 5.41) is 0.839. The van der Waals surface area contributed by atoms with Gasteiger partial charge in [-0.05, 0) is 48.9 Å². The molecule has 0 aliphatic heterocycles. The third kappa shape index (κ3) is 3.59. The second-order valence-corrected chi connectivity index (χ2v) is 7.03. The number of benzene rings is 1. The van der Waals surface area contributed by atoms with Crippen LogP contribution in [0.5, 0.6) is 5.75 Å². The van der Waals surface area contributed by atoms with E-state index >= 15 is 0 Å². The number of nitrogens with zero attached hydrogens (tertiary/aromatic N) is 4. The van der Waals surface area contributed by atoms with Crippen LogP contribution in [0.4, 0.5) is 0 Å². The summed E-state index contributed by atoms with van der Waals surface area (Å²) >= 11 is 1.54. The van der Waals surface area contributed by atoms with Gasteiger partial charge in [-0.2, -0.15) is 0 Å². The van der Waals surface area contributed by atoms with Crippen LogP contribution in [-0.2, 0) is 5.75 Å². The molecule has 0 saturated heterocycles. The summed E-state index contributed by atoms with van der Waals surface area (Å²) in [4.78, 5) is 21.3. The predicted molar refractivity (Wildman–Crippen MR) is 106 cm³/mol. The van der Waals surface area contributed by atoms with Crippen molar-refractivity contribution in [1.82, 2.24) is 18.9 Å². The third-order valence-corrected chi connectivity index (χ3v) is 5.18. The Bertz CT molecular complexity index is 1150. The van der Waals surface area contributed by atoms with Gasteiger partial charge in [-0.25, -0.2) is 9.97 Å². The Morgan fingerprint density at radius 1 is 1.11 bits per heavy atom. The molecule has 4 aromatic rings. The Labute approximate surface area is 160 Å². The fourth-order valence-corrected chi connectivity index (χ4v) is 3.67. The van der Waals surface area contributed by atoms with Crippen molar-refractivity contribution in [3.63, 3.8) is 0 Å². The number of aryl methyl sites for hydroxylation is 1. The summed E-state index contributed by atoms with van der Waals surface area (Å²) in [6, 6.07) is 13.2. The topological polar surface area (TPSA) is 61.4 Å². The minimum absolute atomic E-state index is 0.0749. The van der Waals surface area contributed by atoms with Gasteiger partial charge in [0.1, 0.15) is 11.4 Å². The largest absolute Gasteiger partial charge is 0.497 e. The number of hydrogen-bond acceptors (Lipinski definition) is 5. The van der Waals surface area contributed by atoms with E-state index in [-0.39, 0.29) is 5.56 Å². The Hall–Kier alpha value is -3.06. The van der Waals surface area contributed by atoms with Crippen molar-refractivity contribution in [2.45, 2.75) is 17.8 Å². The van der Waals surface area contributed by atoms with E-state index in [4.69, 9.17) is 4.74 Å². The molecule has 0 aliphatic carbocycles. The first-order valence-corrected chi connectivity index (χ1v) is 9.42. The molecule has 0 amide bonds. The van der Waals surface area contributed by atoms with Gasteiger partial charge in [0.25, 0.3) is 5.56 Å². The molecule has 0 radical (unpaired) electrons. The maximum absolute atomic E-state index is 12.3. The SMILES string of the molecule is COc1ccc(-n2ccnc2SCc2cc(=O)n3ccc(C)cc3n2)cc1. The molecule has 7 heteroatoms. The summed E-state index contributed by atoms with van der Waals surface area (Å²) in [7, 11) is 1.65. The van der Waals surface area contributed by atoms with Gasteiger partial charge in [0, 0.05) is 36.1 Å². The number of thioether (sulfide) groups is 1. The van der Waals surface area contributed by atoms with Gasteiger partial charge in [-0.1, -0.05) is 11.8 Å². The highest BCUT2D eigenvalue weighted by atomic mass is 32.2. The molecule has 0 bridgehead atoms. The summed E-state index contributed by atoms with van der Waals surface area (Å²) in [5.41, 5.74) is 3.39. The van der Waals surface area contributed by atoms with E-state index in [0.29, 0.717) is 11.4 Å². The van der Waals surface area contributed by atoms with Crippen LogP contribution in [0.25, 0.3) is 11.3 Å². The fourth-order valence-electron chi connectivity index (χ4n) is 2.80. The molecule has 0 spiro atoms. The van der Waals surface area contributed by atoms with E-state index in [1.54, 1.807) is 41.7 Å². The minimum Gasteiger partial charge on any atom is -0.497 e. The first-order chi connectivity index (χ1) is 13.1. The van der Waals surface area contributed by atoms with Crippen molar-refractivity contribution in [2.24, 2.45) is 0 Å². The van der Waals surface area contributed by atoms with Crippen molar-refractivity contribution in [2.75, 3.05) is 7.11 Å². The molecule has 0 aliphatic rings. The second-order valence-electron chi connectivity index (χ2n) is 6.08. The first-order valence-electron chi connectivity index (χ1n) is 8.43. The molecule has 0 saturated carbocycles. The lowest BCUT2D eigenvalue weighted by atomic mass is 10.3. The van der Waals surface area contributed by atoms with Gasteiger partial charge < -0.3 is 4.74 Å². The highest BCUT2D eigenvalue weighted by Gasteiger charge is 2.09. The van der Waals surface area contributed by atoms with Gasteiger partial charge in [0.05, 0.1) is 12.8 Å². The van der Waals surface area contributed by atoms with E-state index in [1.807, 2.05) is 54.1 Å². The van der Waals surface area contributed by atoms with Crippen LogP contribution in [0, 0.1) is 6.92 Å². The number of fused-ring (bicyclic) bond motifs is 1. The van der Waals surface area contributed by atoms with Gasteiger partial charge in [0.2, 0.25) is 0 Å². The standard InChI is InChI=1S/C20H18N4O2S/c1-14-7-9-24-18(11-14)22-15(12-19(24)25)13-27-20-21-8-10-23(20)16-3-5-17(26-2)6-4-16/h3-12H,13H2,1-2H3. The number of pyridine rings is 1. The van der Waals surface area contributed by atoms with Crippen molar-refractivity contribution < 1.29 is 4.74 Å². The van der Waals surface area contributed by atoms with Crippen molar-refractivity contribution in [3.8, 4) is 11.4 Å². The van der Waals surface area contributed by atoms with E-state index in [2.05, 4.69) is 9.97 Å². The first kappa shape index (κ1) is 17.4. The third-order valence-electron chi connectivity index (χ3n) is 4.18. The van der Waals surface area contributed by atoms with Gasteiger partial charge in [0.15, 0.2) is 5.16 Å². The Kier molecular flexibility index (Phi) is 4.68. The van der Waals surface area contributed by atoms with Crippen LogP contribution in [0.1, 0.15) is 11.3 Å². The fraction of sp³-hybridized carbons (Fsp3) is 0.150.